The van der Waals surface area contributed by atoms with Gasteiger partial charge in [0.25, 0.3) is 0 Å². The van der Waals surface area contributed by atoms with Gasteiger partial charge in [0.15, 0.2) is 0 Å². The Hall–Kier alpha value is -0.970. The van der Waals surface area contributed by atoms with E-state index in [1.54, 1.807) is 0 Å². The van der Waals surface area contributed by atoms with Crippen molar-refractivity contribution in [1.29, 1.82) is 0 Å². The molecule has 3 nitrogen and oxygen atoms in total. The second kappa shape index (κ2) is 6.98. The summed E-state index contributed by atoms with van der Waals surface area (Å²) in [6.45, 7) is 2.20. The molecule has 0 aliphatic heterocycles. The molecule has 0 bridgehead atoms. The van der Waals surface area contributed by atoms with Gasteiger partial charge in [-0.05, 0) is 34.5 Å². The number of nitrogens with one attached hydrogen (secondary N) is 1. The molecule has 1 aromatic carbocycles. The Morgan fingerprint density at radius 3 is 2.84 bits per heavy atom. The van der Waals surface area contributed by atoms with Gasteiger partial charge >= 0.3 is 0 Å². The average Bonchev–Trinajstić information content (AvgIpc) is 2.43. The van der Waals surface area contributed by atoms with E-state index in [4.69, 9.17) is 10.8 Å². The molecule has 1 aromatic heterocycles. The van der Waals surface area contributed by atoms with Crippen molar-refractivity contribution < 1.29 is 0 Å². The van der Waals surface area contributed by atoms with Crippen molar-refractivity contribution in [3.8, 4) is 0 Å². The summed E-state index contributed by atoms with van der Waals surface area (Å²) >= 11 is 3.61. The maximum atomic E-state index is 5.69. The minimum absolute atomic E-state index is 0.102. The van der Waals surface area contributed by atoms with E-state index in [0.29, 0.717) is 0 Å². The lowest BCUT2D eigenvalue weighted by atomic mass is 10.0. The quantitative estimate of drug-likeness (QED) is 0.479. The second-order valence-electron chi connectivity index (χ2n) is 4.76. The van der Waals surface area contributed by atoms with Gasteiger partial charge in [0.05, 0.1) is 17.3 Å². The zero-order valence-electron chi connectivity index (χ0n) is 11.2. The Balaban J connectivity index is 2.28. The van der Waals surface area contributed by atoms with Crippen LogP contribution in [0.25, 0.3) is 10.9 Å². The van der Waals surface area contributed by atoms with Gasteiger partial charge < -0.3 is 0 Å². The van der Waals surface area contributed by atoms with Gasteiger partial charge in [0, 0.05) is 9.86 Å². The fourth-order valence-electron chi connectivity index (χ4n) is 2.25. The predicted octanol–water partition coefficient (Wildman–Crippen LogP) is 4.08. The number of hydrogen-bond donors (Lipinski definition) is 2. The molecule has 0 saturated heterocycles. The smallest absolute Gasteiger partial charge is 0.0736 e. The lowest BCUT2D eigenvalue weighted by Gasteiger charge is -2.17. The number of benzene rings is 1. The predicted molar refractivity (Wildman–Crippen MR) is 83.6 cm³/mol. The van der Waals surface area contributed by atoms with Crippen molar-refractivity contribution in [2.24, 2.45) is 5.84 Å². The van der Waals surface area contributed by atoms with E-state index in [2.05, 4.69) is 40.4 Å². The van der Waals surface area contributed by atoms with Gasteiger partial charge in [-0.15, -0.1) is 0 Å². The molecule has 0 aliphatic carbocycles. The maximum Gasteiger partial charge on any atom is 0.0736 e. The standard InChI is InChI=1S/C15H20BrN3/c1-2-3-4-9-14(19-17)15-12(16)10-11-7-5-6-8-13(11)18-15/h5-8,10,14,19H,2-4,9,17H2,1H3. The third-order valence-corrected chi connectivity index (χ3v) is 3.97. The van der Waals surface area contributed by atoms with Crippen LogP contribution < -0.4 is 11.3 Å². The molecule has 0 saturated carbocycles. The summed E-state index contributed by atoms with van der Waals surface area (Å²) in [7, 11) is 0. The Labute approximate surface area is 122 Å². The molecule has 19 heavy (non-hydrogen) atoms. The lowest BCUT2D eigenvalue weighted by molar-refractivity contribution is 0.476. The highest BCUT2D eigenvalue weighted by molar-refractivity contribution is 9.10. The summed E-state index contributed by atoms with van der Waals surface area (Å²) in [6, 6.07) is 10.3. The summed E-state index contributed by atoms with van der Waals surface area (Å²) in [5.74, 6) is 5.69. The van der Waals surface area contributed by atoms with Crippen molar-refractivity contribution >= 4 is 26.8 Å². The van der Waals surface area contributed by atoms with Gasteiger partial charge in [-0.1, -0.05) is 44.4 Å². The second-order valence-corrected chi connectivity index (χ2v) is 5.62. The van der Waals surface area contributed by atoms with Crippen LogP contribution >= 0.6 is 15.9 Å². The van der Waals surface area contributed by atoms with Gasteiger partial charge in [0.2, 0.25) is 0 Å². The van der Waals surface area contributed by atoms with Crippen molar-refractivity contribution in [1.82, 2.24) is 10.4 Å². The number of hydrazine groups is 1. The Bertz CT molecular complexity index is 542. The molecular formula is C15H20BrN3. The fourth-order valence-corrected chi connectivity index (χ4v) is 2.86. The van der Waals surface area contributed by atoms with Crippen LogP contribution in [0.2, 0.25) is 0 Å². The van der Waals surface area contributed by atoms with Crippen LogP contribution in [-0.2, 0) is 0 Å². The summed E-state index contributed by atoms with van der Waals surface area (Å²) in [5, 5.41) is 1.14. The van der Waals surface area contributed by atoms with Gasteiger partial charge in [-0.3, -0.25) is 11.3 Å². The van der Waals surface area contributed by atoms with Crippen LogP contribution in [0.4, 0.5) is 0 Å². The zero-order chi connectivity index (χ0) is 13.7. The first kappa shape index (κ1) is 14.4. The highest BCUT2D eigenvalue weighted by atomic mass is 79.9. The number of pyridine rings is 1. The van der Waals surface area contributed by atoms with Gasteiger partial charge in [0.1, 0.15) is 0 Å². The topological polar surface area (TPSA) is 50.9 Å². The number of unbranched alkanes of at least 4 members (excludes halogenated alkanes) is 2. The summed E-state index contributed by atoms with van der Waals surface area (Å²) in [5.41, 5.74) is 4.90. The maximum absolute atomic E-state index is 5.69. The molecule has 2 aromatic rings. The molecule has 4 heteroatoms. The van der Waals surface area contributed by atoms with Crippen LogP contribution in [-0.4, -0.2) is 4.98 Å². The van der Waals surface area contributed by atoms with Crippen molar-refractivity contribution in [2.45, 2.75) is 38.6 Å². The number of para-hydroxylation sites is 1. The largest absolute Gasteiger partial charge is 0.271 e. The van der Waals surface area contributed by atoms with Crippen molar-refractivity contribution in [3.63, 3.8) is 0 Å². The van der Waals surface area contributed by atoms with Crippen molar-refractivity contribution in [3.05, 3.63) is 40.5 Å². The molecular weight excluding hydrogens is 302 g/mol. The Morgan fingerprint density at radius 2 is 2.11 bits per heavy atom. The normalized spacial score (nSPS) is 12.8. The van der Waals surface area contributed by atoms with Gasteiger partial charge in [-0.25, -0.2) is 4.98 Å². The van der Waals surface area contributed by atoms with Crippen LogP contribution in [0.1, 0.15) is 44.3 Å². The molecule has 1 unspecified atom stereocenters. The summed E-state index contributed by atoms with van der Waals surface area (Å²) < 4.78 is 1.02. The third-order valence-electron chi connectivity index (χ3n) is 3.33. The number of aromatic nitrogens is 1. The third kappa shape index (κ3) is 3.53. The first-order valence-corrected chi connectivity index (χ1v) is 7.57. The number of nitrogens with two attached hydrogens (primary N) is 1. The highest BCUT2D eigenvalue weighted by Crippen LogP contribution is 2.28. The fraction of sp³-hybridized carbons (Fsp3) is 0.400. The van der Waals surface area contributed by atoms with E-state index in [1.807, 2.05) is 18.2 Å². The SMILES string of the molecule is CCCCCC(NN)c1nc2ccccc2cc1Br. The summed E-state index contributed by atoms with van der Waals surface area (Å²) in [6.07, 6.45) is 4.60. The molecule has 0 aliphatic rings. The van der Waals surface area contributed by atoms with Gasteiger partial charge in [-0.2, -0.15) is 0 Å². The minimum Gasteiger partial charge on any atom is -0.271 e. The number of hydrogen-bond acceptors (Lipinski definition) is 3. The molecule has 0 amide bonds. The van der Waals surface area contributed by atoms with E-state index in [0.717, 1.165) is 33.9 Å². The van der Waals surface area contributed by atoms with Crippen LogP contribution in [0.3, 0.4) is 0 Å². The first-order chi connectivity index (χ1) is 9.26. The van der Waals surface area contributed by atoms with E-state index in [-0.39, 0.29) is 6.04 Å². The van der Waals surface area contributed by atoms with E-state index in [9.17, 15) is 0 Å². The van der Waals surface area contributed by atoms with E-state index < -0.39 is 0 Å². The number of fused-ring (bicyclic) bond motifs is 1. The van der Waals surface area contributed by atoms with Crippen LogP contribution in [0, 0.1) is 0 Å². The Morgan fingerprint density at radius 1 is 1.32 bits per heavy atom. The minimum atomic E-state index is 0.102. The molecule has 102 valence electrons. The molecule has 0 spiro atoms. The first-order valence-electron chi connectivity index (χ1n) is 6.77. The zero-order valence-corrected chi connectivity index (χ0v) is 12.8. The van der Waals surface area contributed by atoms with E-state index >= 15 is 0 Å². The number of nitrogens with zero attached hydrogens (tertiary/aromatic N) is 1. The van der Waals surface area contributed by atoms with Crippen LogP contribution in [0.15, 0.2) is 34.8 Å². The Kier molecular flexibility index (Phi) is 5.31. The molecule has 0 fully saturated rings. The molecule has 1 atom stereocenters. The summed E-state index contributed by atoms with van der Waals surface area (Å²) in [4.78, 5) is 4.74. The lowest BCUT2D eigenvalue weighted by Crippen LogP contribution is -2.29. The highest BCUT2D eigenvalue weighted by Gasteiger charge is 2.15. The number of halogens is 1. The van der Waals surface area contributed by atoms with Crippen LogP contribution in [0.5, 0.6) is 0 Å². The monoisotopic (exact) mass is 321 g/mol. The molecule has 2 rings (SSSR count). The van der Waals surface area contributed by atoms with E-state index in [1.165, 1.54) is 12.8 Å². The number of rotatable bonds is 6. The molecule has 0 radical (unpaired) electrons. The molecule has 3 N–H and O–H groups in total. The molecule has 1 heterocycles. The average molecular weight is 322 g/mol. The van der Waals surface area contributed by atoms with Crippen molar-refractivity contribution in [2.75, 3.05) is 0 Å².